The Labute approximate surface area is 136 Å². The number of nitrogens with two attached hydrogens (primary N) is 1. The molecule has 1 amide bonds. The van der Waals surface area contributed by atoms with Gasteiger partial charge in [0.2, 0.25) is 0 Å². The van der Waals surface area contributed by atoms with Gasteiger partial charge in [0.05, 0.1) is 5.69 Å². The van der Waals surface area contributed by atoms with E-state index in [1.165, 1.54) is 0 Å². The van der Waals surface area contributed by atoms with Crippen molar-refractivity contribution in [3.8, 4) is 0 Å². The topological polar surface area (TPSA) is 55.1 Å². The van der Waals surface area contributed by atoms with Crippen LogP contribution in [0.4, 0.5) is 11.4 Å². The number of anilines is 2. The molecule has 0 aromatic heterocycles. The van der Waals surface area contributed by atoms with E-state index in [-0.39, 0.29) is 5.91 Å². The van der Waals surface area contributed by atoms with E-state index < -0.39 is 0 Å². The molecule has 0 atom stereocenters. The van der Waals surface area contributed by atoms with E-state index in [1.807, 2.05) is 19.9 Å². The summed E-state index contributed by atoms with van der Waals surface area (Å²) in [6.07, 6.45) is 0. The first-order valence-electron chi connectivity index (χ1n) is 6.01. The quantitative estimate of drug-likeness (QED) is 0.580. The van der Waals surface area contributed by atoms with Gasteiger partial charge in [-0.05, 0) is 71.8 Å². The van der Waals surface area contributed by atoms with Crippen molar-refractivity contribution in [2.24, 2.45) is 0 Å². The number of halogens is 2. The zero-order valence-corrected chi connectivity index (χ0v) is 14.0. The molecule has 20 heavy (non-hydrogen) atoms. The molecule has 0 bridgehead atoms. The van der Waals surface area contributed by atoms with Crippen LogP contribution < -0.4 is 11.1 Å². The van der Waals surface area contributed by atoms with Crippen LogP contribution in [-0.2, 0) is 0 Å². The van der Waals surface area contributed by atoms with Crippen molar-refractivity contribution < 1.29 is 4.79 Å². The maximum atomic E-state index is 12.3. The second-order valence-corrected chi connectivity index (χ2v) is 6.20. The Bertz CT molecular complexity index is 686. The number of hydrogen-bond donors (Lipinski definition) is 2. The molecule has 0 unspecified atom stereocenters. The largest absolute Gasteiger partial charge is 0.398 e. The molecule has 0 fully saturated rings. The first-order chi connectivity index (χ1) is 9.38. The van der Waals surface area contributed by atoms with Gasteiger partial charge in [-0.1, -0.05) is 17.7 Å². The lowest BCUT2D eigenvalue weighted by molar-refractivity contribution is 0.102. The molecule has 0 spiro atoms. The molecule has 0 saturated heterocycles. The molecule has 5 heteroatoms. The van der Waals surface area contributed by atoms with Gasteiger partial charge < -0.3 is 11.1 Å². The monoisotopic (exact) mass is 400 g/mol. The van der Waals surface area contributed by atoms with Crippen LogP contribution in [0.2, 0.25) is 5.02 Å². The highest BCUT2D eigenvalue weighted by Gasteiger charge is 2.12. The van der Waals surface area contributed by atoms with Crippen molar-refractivity contribution in [1.82, 2.24) is 0 Å². The number of aryl methyl sites for hydroxylation is 2. The molecule has 3 N–H and O–H groups in total. The van der Waals surface area contributed by atoms with Crippen LogP contribution in [0.15, 0.2) is 30.3 Å². The summed E-state index contributed by atoms with van der Waals surface area (Å²) in [5.41, 5.74) is 9.68. The van der Waals surface area contributed by atoms with Crippen LogP contribution in [0.25, 0.3) is 0 Å². The average Bonchev–Trinajstić information content (AvgIpc) is 2.37. The first kappa shape index (κ1) is 15.1. The summed E-state index contributed by atoms with van der Waals surface area (Å²) in [4.78, 5) is 12.3. The van der Waals surface area contributed by atoms with E-state index in [0.717, 1.165) is 20.4 Å². The number of benzene rings is 2. The fourth-order valence-electron chi connectivity index (χ4n) is 1.89. The van der Waals surface area contributed by atoms with E-state index in [2.05, 4.69) is 27.9 Å². The Morgan fingerprint density at radius 1 is 1.20 bits per heavy atom. The Morgan fingerprint density at radius 2 is 1.90 bits per heavy atom. The summed E-state index contributed by atoms with van der Waals surface area (Å²) in [6, 6.07) is 8.96. The van der Waals surface area contributed by atoms with Gasteiger partial charge in [-0.3, -0.25) is 4.79 Å². The van der Waals surface area contributed by atoms with Crippen molar-refractivity contribution in [3.63, 3.8) is 0 Å². The summed E-state index contributed by atoms with van der Waals surface area (Å²) in [5.74, 6) is -0.172. The molecule has 0 radical (unpaired) electrons. The van der Waals surface area contributed by atoms with Crippen LogP contribution in [0, 0.1) is 17.4 Å². The zero-order valence-electron chi connectivity index (χ0n) is 11.1. The number of hydrogen-bond acceptors (Lipinski definition) is 2. The van der Waals surface area contributed by atoms with Crippen LogP contribution >= 0.6 is 34.2 Å². The molecular formula is C15H14ClIN2O. The van der Waals surface area contributed by atoms with Gasteiger partial charge in [-0.25, -0.2) is 0 Å². The summed E-state index contributed by atoms with van der Waals surface area (Å²) < 4.78 is 0.890. The van der Waals surface area contributed by atoms with Crippen molar-refractivity contribution >= 4 is 51.5 Å². The van der Waals surface area contributed by atoms with E-state index in [1.54, 1.807) is 24.3 Å². The minimum atomic E-state index is -0.172. The van der Waals surface area contributed by atoms with Gasteiger partial charge in [0.15, 0.2) is 0 Å². The smallest absolute Gasteiger partial charge is 0.256 e. The SMILES string of the molecule is Cc1cc(C)c(C(=O)Nc2ccc(Cl)cc2I)cc1N. The molecule has 104 valence electrons. The van der Waals surface area contributed by atoms with Crippen LogP contribution in [-0.4, -0.2) is 5.91 Å². The van der Waals surface area contributed by atoms with Gasteiger partial charge in [-0.2, -0.15) is 0 Å². The average molecular weight is 401 g/mol. The van der Waals surface area contributed by atoms with E-state index in [0.29, 0.717) is 16.3 Å². The van der Waals surface area contributed by atoms with E-state index in [9.17, 15) is 4.79 Å². The molecule has 0 saturated carbocycles. The van der Waals surface area contributed by atoms with Gasteiger partial charge in [-0.15, -0.1) is 0 Å². The third-order valence-corrected chi connectivity index (χ3v) is 4.16. The normalized spacial score (nSPS) is 10.4. The van der Waals surface area contributed by atoms with Crippen LogP contribution in [0.3, 0.4) is 0 Å². The maximum absolute atomic E-state index is 12.3. The second kappa shape index (κ2) is 6.01. The molecule has 2 rings (SSSR count). The van der Waals surface area contributed by atoms with Gasteiger partial charge >= 0.3 is 0 Å². The number of amides is 1. The van der Waals surface area contributed by atoms with Crippen molar-refractivity contribution in [2.45, 2.75) is 13.8 Å². The highest BCUT2D eigenvalue weighted by molar-refractivity contribution is 14.1. The number of nitrogen functional groups attached to an aromatic ring is 1. The molecule has 0 aliphatic rings. The van der Waals surface area contributed by atoms with E-state index in [4.69, 9.17) is 17.3 Å². The number of rotatable bonds is 2. The van der Waals surface area contributed by atoms with Crippen molar-refractivity contribution in [2.75, 3.05) is 11.1 Å². The Hall–Kier alpha value is -1.27. The fraction of sp³-hybridized carbons (Fsp3) is 0.133. The number of carbonyl (C=O) groups excluding carboxylic acids is 1. The molecular weight excluding hydrogens is 387 g/mol. The lowest BCUT2D eigenvalue weighted by Crippen LogP contribution is -2.15. The second-order valence-electron chi connectivity index (χ2n) is 4.60. The Morgan fingerprint density at radius 3 is 2.55 bits per heavy atom. The highest BCUT2D eigenvalue weighted by Crippen LogP contribution is 2.24. The van der Waals surface area contributed by atoms with Crippen LogP contribution in [0.5, 0.6) is 0 Å². The molecule has 2 aromatic carbocycles. The molecule has 0 aliphatic carbocycles. The maximum Gasteiger partial charge on any atom is 0.256 e. The Kier molecular flexibility index (Phi) is 4.55. The predicted octanol–water partition coefficient (Wildman–Crippen LogP) is 4.40. The number of nitrogens with one attached hydrogen (secondary N) is 1. The first-order valence-corrected chi connectivity index (χ1v) is 7.47. The Balaban J connectivity index is 2.31. The predicted molar refractivity (Wildman–Crippen MR) is 92.5 cm³/mol. The lowest BCUT2D eigenvalue weighted by atomic mass is 10.0. The standard InChI is InChI=1S/C15H14ClIN2O/c1-8-5-9(2)13(18)7-11(8)15(20)19-14-4-3-10(16)6-12(14)17/h3-7H,18H2,1-2H3,(H,19,20). The van der Waals surface area contributed by atoms with Gasteiger partial charge in [0.25, 0.3) is 5.91 Å². The zero-order chi connectivity index (χ0) is 14.9. The molecule has 0 heterocycles. The third-order valence-electron chi connectivity index (χ3n) is 3.04. The van der Waals surface area contributed by atoms with Crippen LogP contribution in [0.1, 0.15) is 21.5 Å². The molecule has 2 aromatic rings. The third kappa shape index (κ3) is 3.24. The van der Waals surface area contributed by atoms with Crippen molar-refractivity contribution in [3.05, 3.63) is 55.6 Å². The van der Waals surface area contributed by atoms with Crippen molar-refractivity contribution in [1.29, 1.82) is 0 Å². The van der Waals surface area contributed by atoms with E-state index >= 15 is 0 Å². The molecule has 3 nitrogen and oxygen atoms in total. The highest BCUT2D eigenvalue weighted by atomic mass is 127. The minimum Gasteiger partial charge on any atom is -0.398 e. The summed E-state index contributed by atoms with van der Waals surface area (Å²) in [7, 11) is 0. The minimum absolute atomic E-state index is 0.172. The number of carbonyl (C=O) groups is 1. The summed E-state index contributed by atoms with van der Waals surface area (Å²) in [6.45, 7) is 3.82. The fourth-order valence-corrected chi connectivity index (χ4v) is 2.90. The van der Waals surface area contributed by atoms with Gasteiger partial charge in [0, 0.05) is 19.8 Å². The molecule has 0 aliphatic heterocycles. The van der Waals surface area contributed by atoms with Gasteiger partial charge in [0.1, 0.15) is 0 Å². The summed E-state index contributed by atoms with van der Waals surface area (Å²) in [5, 5.41) is 3.52. The lowest BCUT2D eigenvalue weighted by Gasteiger charge is -2.11. The summed E-state index contributed by atoms with van der Waals surface area (Å²) >= 11 is 8.04.